The van der Waals surface area contributed by atoms with Crippen molar-refractivity contribution in [2.24, 2.45) is 9.98 Å². The molecule has 1 aliphatic rings. The summed E-state index contributed by atoms with van der Waals surface area (Å²) in [5.41, 5.74) is 7.43. The van der Waals surface area contributed by atoms with E-state index in [4.69, 9.17) is 14.4 Å². The number of amidine groups is 2. The van der Waals surface area contributed by atoms with E-state index >= 15 is 0 Å². The van der Waals surface area contributed by atoms with Gasteiger partial charge in [0.05, 0.1) is 0 Å². The van der Waals surface area contributed by atoms with E-state index in [1.54, 1.807) is 0 Å². The molecule has 1 unspecified atom stereocenters. The van der Waals surface area contributed by atoms with Crippen molar-refractivity contribution < 1.29 is 4.42 Å². The molecule has 12 rings (SSSR count). The van der Waals surface area contributed by atoms with Crippen molar-refractivity contribution in [2.45, 2.75) is 6.17 Å². The molecular formula is C49H29N3OS2. The fourth-order valence-corrected chi connectivity index (χ4v) is 10.9. The molecule has 0 spiro atoms. The van der Waals surface area contributed by atoms with Gasteiger partial charge in [0.1, 0.15) is 23.2 Å². The Morgan fingerprint density at radius 1 is 0.509 bits per heavy atom. The number of aliphatic imine (C=N–C) groups is 2. The van der Waals surface area contributed by atoms with Crippen LogP contribution in [0.3, 0.4) is 0 Å². The minimum absolute atomic E-state index is 0.292. The molecule has 3 aromatic heterocycles. The Bertz CT molecular complexity index is 3410. The molecule has 0 radical (unpaired) electrons. The van der Waals surface area contributed by atoms with Crippen LogP contribution < -0.4 is 5.32 Å². The monoisotopic (exact) mass is 739 g/mol. The summed E-state index contributed by atoms with van der Waals surface area (Å²) in [4.78, 5) is 10.4. The first-order valence-corrected chi connectivity index (χ1v) is 20.1. The Balaban J connectivity index is 1.18. The van der Waals surface area contributed by atoms with Crippen molar-refractivity contribution in [1.82, 2.24) is 5.32 Å². The second-order valence-electron chi connectivity index (χ2n) is 14.1. The van der Waals surface area contributed by atoms with Crippen molar-refractivity contribution in [3.8, 4) is 11.1 Å². The number of nitrogens with zero attached hydrogens (tertiary/aromatic N) is 2. The number of nitrogens with one attached hydrogen (secondary N) is 1. The lowest BCUT2D eigenvalue weighted by Crippen LogP contribution is -2.33. The lowest BCUT2D eigenvalue weighted by atomic mass is 9.94. The van der Waals surface area contributed by atoms with Gasteiger partial charge < -0.3 is 9.73 Å². The second-order valence-corrected chi connectivity index (χ2v) is 16.2. The second kappa shape index (κ2) is 12.0. The van der Waals surface area contributed by atoms with Crippen LogP contribution in [0.25, 0.3) is 84.2 Å². The third-order valence-corrected chi connectivity index (χ3v) is 13.3. The van der Waals surface area contributed by atoms with E-state index in [1.165, 1.54) is 62.2 Å². The van der Waals surface area contributed by atoms with Gasteiger partial charge in [-0.3, -0.25) is 0 Å². The fraction of sp³-hybridized carbons (Fsp3) is 0.0204. The Morgan fingerprint density at radius 2 is 1.18 bits per heavy atom. The van der Waals surface area contributed by atoms with Crippen LogP contribution in [0, 0.1) is 0 Å². The molecule has 0 saturated heterocycles. The van der Waals surface area contributed by atoms with Gasteiger partial charge in [0.2, 0.25) is 0 Å². The third kappa shape index (κ3) is 4.75. The number of thiophene rings is 2. The maximum atomic E-state index is 6.67. The smallest absolute Gasteiger partial charge is 0.159 e. The van der Waals surface area contributed by atoms with Gasteiger partial charge in [-0.05, 0) is 52.7 Å². The Kier molecular flexibility index (Phi) is 6.70. The maximum absolute atomic E-state index is 6.67. The first-order chi connectivity index (χ1) is 27.2. The molecule has 6 heteroatoms. The number of hydrogen-bond donors (Lipinski definition) is 1. The van der Waals surface area contributed by atoms with E-state index in [-0.39, 0.29) is 6.17 Å². The van der Waals surface area contributed by atoms with Crippen LogP contribution in [-0.4, -0.2) is 11.7 Å². The van der Waals surface area contributed by atoms with Crippen LogP contribution in [0.1, 0.15) is 22.9 Å². The zero-order valence-electron chi connectivity index (χ0n) is 29.3. The summed E-state index contributed by atoms with van der Waals surface area (Å²) in [7, 11) is 0. The number of fused-ring (bicyclic) bond motifs is 11. The number of furan rings is 1. The number of hydrogen-bond acceptors (Lipinski definition) is 6. The molecule has 11 aromatic rings. The highest BCUT2D eigenvalue weighted by Gasteiger charge is 2.26. The number of rotatable bonds is 4. The normalized spacial score (nSPS) is 14.7. The van der Waals surface area contributed by atoms with Gasteiger partial charge in [-0.15, -0.1) is 22.7 Å². The summed E-state index contributed by atoms with van der Waals surface area (Å²) in [6.45, 7) is 0. The molecular weight excluding hydrogens is 711 g/mol. The summed E-state index contributed by atoms with van der Waals surface area (Å²) in [5, 5.41) is 13.3. The largest absolute Gasteiger partial charge is 0.455 e. The van der Waals surface area contributed by atoms with Gasteiger partial charge in [-0.2, -0.15) is 0 Å². The van der Waals surface area contributed by atoms with Gasteiger partial charge in [0, 0.05) is 73.4 Å². The summed E-state index contributed by atoms with van der Waals surface area (Å²) in [5.74, 6) is 1.53. The SMILES string of the molecule is c1ccc(C2=NC(c3ccccc3)NC(c3ccc(-c4cc5c6ccccc6oc5c5c4sc4ccccc45)c4sc5cc6ccccc6cc5c34)=N2)cc1. The van der Waals surface area contributed by atoms with Crippen LogP contribution >= 0.6 is 22.7 Å². The summed E-state index contributed by atoms with van der Waals surface area (Å²) < 4.78 is 11.6. The van der Waals surface area contributed by atoms with Gasteiger partial charge in [0.25, 0.3) is 0 Å². The maximum Gasteiger partial charge on any atom is 0.159 e. The molecule has 0 fully saturated rings. The minimum atomic E-state index is -0.292. The van der Waals surface area contributed by atoms with Crippen LogP contribution in [-0.2, 0) is 0 Å². The molecule has 0 saturated carbocycles. The highest BCUT2D eigenvalue weighted by atomic mass is 32.1. The predicted molar refractivity (Wildman–Crippen MR) is 234 cm³/mol. The molecule has 8 aromatic carbocycles. The summed E-state index contributed by atoms with van der Waals surface area (Å²) in [6, 6.07) is 58.2. The molecule has 0 aliphatic carbocycles. The van der Waals surface area contributed by atoms with E-state index < -0.39 is 0 Å². The first kappa shape index (κ1) is 30.8. The van der Waals surface area contributed by atoms with E-state index in [0.717, 1.165) is 50.3 Å². The molecule has 258 valence electrons. The molecule has 1 N–H and O–H groups in total. The van der Waals surface area contributed by atoms with Crippen molar-refractivity contribution in [1.29, 1.82) is 0 Å². The quantitative estimate of drug-likeness (QED) is 0.195. The molecule has 1 atom stereocenters. The van der Waals surface area contributed by atoms with Gasteiger partial charge in [-0.1, -0.05) is 127 Å². The topological polar surface area (TPSA) is 49.9 Å². The highest BCUT2D eigenvalue weighted by molar-refractivity contribution is 7.27. The van der Waals surface area contributed by atoms with Crippen LogP contribution in [0.5, 0.6) is 0 Å². The third-order valence-electron chi connectivity index (χ3n) is 10.9. The Hall–Kier alpha value is -6.60. The Labute approximate surface area is 323 Å². The molecule has 0 bridgehead atoms. The van der Waals surface area contributed by atoms with Crippen LogP contribution in [0.2, 0.25) is 0 Å². The van der Waals surface area contributed by atoms with Crippen LogP contribution in [0.4, 0.5) is 0 Å². The zero-order chi connectivity index (χ0) is 36.0. The lowest BCUT2D eigenvalue weighted by Gasteiger charge is -2.24. The molecule has 0 amide bonds. The summed E-state index contributed by atoms with van der Waals surface area (Å²) >= 11 is 3.71. The van der Waals surface area contributed by atoms with E-state index in [9.17, 15) is 0 Å². The predicted octanol–water partition coefficient (Wildman–Crippen LogP) is 13.6. The lowest BCUT2D eigenvalue weighted by molar-refractivity contribution is 0.673. The molecule has 1 aliphatic heterocycles. The molecule has 4 nitrogen and oxygen atoms in total. The average molecular weight is 740 g/mol. The van der Waals surface area contributed by atoms with Crippen LogP contribution in [0.15, 0.2) is 178 Å². The first-order valence-electron chi connectivity index (χ1n) is 18.4. The Morgan fingerprint density at radius 3 is 2.04 bits per heavy atom. The van der Waals surface area contributed by atoms with Gasteiger partial charge >= 0.3 is 0 Å². The standard InChI is InChI=1S/C49H29N3OS2/c1-3-13-28(14-4-1)47-50-48(29-15-5-2-6-16-29)52-49(51-47)35-24-23-33(45-42(35)38-25-30-17-7-8-18-31(30)26-41(38)55-45)37-27-36-32-19-9-11-21-39(32)53-44(36)43-34-20-10-12-22-40(34)54-46(37)43/h1-27,47H,(H,50,51,52). The minimum Gasteiger partial charge on any atom is -0.455 e. The average Bonchev–Trinajstić information content (AvgIpc) is 3.94. The van der Waals surface area contributed by atoms with Gasteiger partial charge in [0.15, 0.2) is 5.84 Å². The highest BCUT2D eigenvalue weighted by Crippen LogP contribution is 2.50. The van der Waals surface area contributed by atoms with Crippen molar-refractivity contribution in [2.75, 3.05) is 0 Å². The van der Waals surface area contributed by atoms with Gasteiger partial charge in [-0.25, -0.2) is 9.98 Å². The van der Waals surface area contributed by atoms with E-state index in [1.807, 2.05) is 46.9 Å². The zero-order valence-corrected chi connectivity index (χ0v) is 30.9. The van der Waals surface area contributed by atoms with E-state index in [0.29, 0.717) is 0 Å². The molecule has 55 heavy (non-hydrogen) atoms. The van der Waals surface area contributed by atoms with Crippen molar-refractivity contribution in [3.05, 3.63) is 180 Å². The van der Waals surface area contributed by atoms with Crippen molar-refractivity contribution >= 4 is 107 Å². The van der Waals surface area contributed by atoms with Crippen molar-refractivity contribution in [3.63, 3.8) is 0 Å². The number of benzene rings is 8. The molecule has 4 heterocycles. The fourth-order valence-electron chi connectivity index (χ4n) is 8.35. The van der Waals surface area contributed by atoms with E-state index in [2.05, 4.69) is 145 Å². The summed E-state index contributed by atoms with van der Waals surface area (Å²) in [6.07, 6.45) is -0.292. The number of para-hydroxylation sites is 1.